The van der Waals surface area contributed by atoms with Crippen molar-refractivity contribution in [3.8, 4) is 0 Å². The van der Waals surface area contributed by atoms with Gasteiger partial charge in [-0.05, 0) is 55.2 Å². The van der Waals surface area contributed by atoms with E-state index in [2.05, 4.69) is 0 Å². The number of allylic oxidation sites excluding steroid dienone is 1. The third-order valence-corrected chi connectivity index (χ3v) is 3.76. The highest BCUT2D eigenvalue weighted by Gasteiger charge is 2.23. The quantitative estimate of drug-likeness (QED) is 0.672. The molecule has 0 atom stereocenters. The van der Waals surface area contributed by atoms with Crippen molar-refractivity contribution >= 4 is 5.97 Å². The number of carbonyl (C=O) groups is 1. The molecule has 0 aliphatic heterocycles. The first-order valence-corrected chi connectivity index (χ1v) is 6.53. The Kier molecular flexibility index (Phi) is 4.47. The van der Waals surface area contributed by atoms with E-state index < -0.39 is 23.4 Å². The number of halogens is 3. The Morgan fingerprint density at radius 1 is 1.10 bits per heavy atom. The molecule has 0 radical (unpaired) electrons. The molecule has 0 spiro atoms. The number of carboxylic acid groups (broad SMARTS) is 1. The maximum Gasteiger partial charge on any atom is 0.327 e. The molecular weight excluding hydrogens is 269 g/mol. The predicted octanol–water partition coefficient (Wildman–Crippen LogP) is 4.02. The Morgan fingerprint density at radius 2 is 1.65 bits per heavy atom. The maximum atomic E-state index is 13.2. The summed E-state index contributed by atoms with van der Waals surface area (Å²) >= 11 is 0. The zero-order valence-electron chi connectivity index (χ0n) is 10.8. The van der Waals surface area contributed by atoms with E-state index >= 15 is 0 Å². The van der Waals surface area contributed by atoms with Crippen LogP contribution in [0.4, 0.5) is 13.2 Å². The lowest BCUT2D eigenvalue weighted by Crippen LogP contribution is -2.13. The van der Waals surface area contributed by atoms with Crippen molar-refractivity contribution < 1.29 is 23.1 Å². The maximum absolute atomic E-state index is 13.2. The van der Waals surface area contributed by atoms with Crippen LogP contribution in [0, 0.1) is 23.4 Å². The number of rotatable bonds is 3. The summed E-state index contributed by atoms with van der Waals surface area (Å²) in [5.74, 6) is -4.56. The molecule has 108 valence electrons. The van der Waals surface area contributed by atoms with Crippen LogP contribution in [0.25, 0.3) is 0 Å². The SMILES string of the molecule is O=C(O)/C=C/C1CCC(c2cc(F)c(F)c(F)c2)CC1. The molecule has 1 fully saturated rings. The van der Waals surface area contributed by atoms with Crippen molar-refractivity contribution in [2.24, 2.45) is 5.92 Å². The van der Waals surface area contributed by atoms with Gasteiger partial charge in [0.1, 0.15) is 0 Å². The standard InChI is InChI=1S/C15H15F3O2/c16-12-7-11(8-13(17)15(12)18)10-4-1-9(2-5-10)3-6-14(19)20/h3,6-10H,1-2,4-5H2,(H,19,20)/b6-3+. The monoisotopic (exact) mass is 284 g/mol. The Labute approximate surface area is 114 Å². The van der Waals surface area contributed by atoms with Gasteiger partial charge in [0.15, 0.2) is 17.5 Å². The minimum absolute atomic E-state index is 0.00548. The van der Waals surface area contributed by atoms with Gasteiger partial charge in [-0.3, -0.25) is 0 Å². The summed E-state index contributed by atoms with van der Waals surface area (Å²) in [7, 11) is 0. The molecule has 0 amide bonds. The summed E-state index contributed by atoms with van der Waals surface area (Å²) in [6, 6.07) is 2.10. The summed E-state index contributed by atoms with van der Waals surface area (Å²) in [6.07, 6.45) is 5.72. The number of carboxylic acids is 1. The van der Waals surface area contributed by atoms with Crippen molar-refractivity contribution in [2.45, 2.75) is 31.6 Å². The van der Waals surface area contributed by atoms with E-state index in [0.717, 1.165) is 31.1 Å². The lowest BCUT2D eigenvalue weighted by molar-refractivity contribution is -0.131. The predicted molar refractivity (Wildman–Crippen MR) is 67.8 cm³/mol. The topological polar surface area (TPSA) is 37.3 Å². The van der Waals surface area contributed by atoms with Crippen LogP contribution in [-0.2, 0) is 4.79 Å². The fraction of sp³-hybridized carbons (Fsp3) is 0.400. The minimum atomic E-state index is -1.44. The lowest BCUT2D eigenvalue weighted by Gasteiger charge is -2.27. The lowest BCUT2D eigenvalue weighted by atomic mass is 9.78. The first-order valence-electron chi connectivity index (χ1n) is 6.53. The fourth-order valence-corrected chi connectivity index (χ4v) is 2.67. The van der Waals surface area contributed by atoms with Gasteiger partial charge in [-0.2, -0.15) is 0 Å². The van der Waals surface area contributed by atoms with E-state index in [0.29, 0.717) is 18.4 Å². The minimum Gasteiger partial charge on any atom is -0.478 e. The molecule has 0 aromatic heterocycles. The highest BCUT2D eigenvalue weighted by Crippen LogP contribution is 2.37. The summed E-state index contributed by atoms with van der Waals surface area (Å²) < 4.78 is 39.3. The Hall–Kier alpha value is -1.78. The average molecular weight is 284 g/mol. The van der Waals surface area contributed by atoms with E-state index in [1.165, 1.54) is 0 Å². The van der Waals surface area contributed by atoms with Crippen molar-refractivity contribution in [3.05, 3.63) is 47.3 Å². The van der Waals surface area contributed by atoms with Gasteiger partial charge >= 0.3 is 5.97 Å². The molecule has 2 rings (SSSR count). The summed E-state index contributed by atoms with van der Waals surface area (Å²) in [6.45, 7) is 0. The Bertz CT molecular complexity index is 509. The van der Waals surface area contributed by atoms with Crippen molar-refractivity contribution in [3.63, 3.8) is 0 Å². The largest absolute Gasteiger partial charge is 0.478 e. The second-order valence-electron chi connectivity index (χ2n) is 5.11. The second kappa shape index (κ2) is 6.11. The molecule has 1 aromatic rings. The molecule has 1 saturated carbocycles. The molecule has 0 saturated heterocycles. The van der Waals surface area contributed by atoms with Crippen molar-refractivity contribution in [2.75, 3.05) is 0 Å². The number of benzene rings is 1. The fourth-order valence-electron chi connectivity index (χ4n) is 2.67. The smallest absolute Gasteiger partial charge is 0.327 e. The zero-order valence-corrected chi connectivity index (χ0v) is 10.8. The van der Waals surface area contributed by atoms with E-state index in [4.69, 9.17) is 5.11 Å². The first kappa shape index (κ1) is 14.6. The van der Waals surface area contributed by atoms with Gasteiger partial charge in [-0.1, -0.05) is 6.08 Å². The first-order chi connectivity index (χ1) is 9.47. The van der Waals surface area contributed by atoms with Crippen LogP contribution in [0.1, 0.15) is 37.2 Å². The molecule has 20 heavy (non-hydrogen) atoms. The molecule has 0 bridgehead atoms. The molecule has 0 heterocycles. The van der Waals surface area contributed by atoms with Crippen molar-refractivity contribution in [1.29, 1.82) is 0 Å². The Morgan fingerprint density at radius 3 is 2.15 bits per heavy atom. The van der Waals surface area contributed by atoms with Crippen LogP contribution in [-0.4, -0.2) is 11.1 Å². The van der Waals surface area contributed by atoms with Crippen LogP contribution in [0.15, 0.2) is 24.3 Å². The van der Waals surface area contributed by atoms with Crippen LogP contribution >= 0.6 is 0 Å². The highest BCUT2D eigenvalue weighted by atomic mass is 19.2. The van der Waals surface area contributed by atoms with E-state index in [1.807, 2.05) is 0 Å². The summed E-state index contributed by atoms with van der Waals surface area (Å²) in [4.78, 5) is 10.4. The molecule has 1 N–H and O–H groups in total. The molecule has 0 unspecified atom stereocenters. The van der Waals surface area contributed by atoms with E-state index in [-0.39, 0.29) is 11.8 Å². The number of hydrogen-bond donors (Lipinski definition) is 1. The third kappa shape index (κ3) is 3.40. The van der Waals surface area contributed by atoms with Crippen LogP contribution in [0.3, 0.4) is 0 Å². The molecule has 1 aliphatic carbocycles. The van der Waals surface area contributed by atoms with Gasteiger partial charge in [-0.15, -0.1) is 0 Å². The summed E-state index contributed by atoms with van der Waals surface area (Å²) in [5, 5.41) is 8.56. The van der Waals surface area contributed by atoms with Crippen LogP contribution < -0.4 is 0 Å². The van der Waals surface area contributed by atoms with Gasteiger partial charge in [0.2, 0.25) is 0 Å². The van der Waals surface area contributed by atoms with E-state index in [1.54, 1.807) is 6.08 Å². The number of aliphatic carboxylic acids is 1. The van der Waals surface area contributed by atoms with Gasteiger partial charge in [0.05, 0.1) is 0 Å². The molecule has 2 nitrogen and oxygen atoms in total. The van der Waals surface area contributed by atoms with Gasteiger partial charge < -0.3 is 5.11 Å². The third-order valence-electron chi connectivity index (χ3n) is 3.76. The van der Waals surface area contributed by atoms with Crippen molar-refractivity contribution in [1.82, 2.24) is 0 Å². The van der Waals surface area contributed by atoms with Gasteiger partial charge in [0, 0.05) is 6.08 Å². The molecule has 1 aliphatic rings. The van der Waals surface area contributed by atoms with Crippen LogP contribution in [0.2, 0.25) is 0 Å². The van der Waals surface area contributed by atoms with Crippen LogP contribution in [0.5, 0.6) is 0 Å². The highest BCUT2D eigenvalue weighted by molar-refractivity contribution is 5.79. The van der Waals surface area contributed by atoms with Gasteiger partial charge in [-0.25, -0.2) is 18.0 Å². The van der Waals surface area contributed by atoms with E-state index in [9.17, 15) is 18.0 Å². The van der Waals surface area contributed by atoms with Gasteiger partial charge in [0.25, 0.3) is 0 Å². The Balaban J connectivity index is 2.02. The average Bonchev–Trinajstić information content (AvgIpc) is 2.42. The summed E-state index contributed by atoms with van der Waals surface area (Å²) in [5.41, 5.74) is 0.474. The molecular formula is C15H15F3O2. The normalized spacial score (nSPS) is 23.1. The second-order valence-corrected chi connectivity index (χ2v) is 5.11. The zero-order chi connectivity index (χ0) is 14.7. The number of hydrogen-bond acceptors (Lipinski definition) is 1. The molecule has 1 aromatic carbocycles. The molecule has 5 heteroatoms.